The Kier molecular flexibility index (Phi) is 7.95. The van der Waals surface area contributed by atoms with Crippen molar-refractivity contribution >= 4 is 47.9 Å². The number of alkyl halides is 4. The Labute approximate surface area is 234 Å². The molecule has 3 heterocycles. The van der Waals surface area contributed by atoms with E-state index < -0.39 is 45.7 Å². The smallest absolute Gasteiger partial charge is 0.379 e. The second-order valence-corrected chi connectivity index (χ2v) is 14.3. The van der Waals surface area contributed by atoms with E-state index in [4.69, 9.17) is 0 Å². The van der Waals surface area contributed by atoms with Crippen LogP contribution in [0.25, 0.3) is 15.8 Å². The Hall–Kier alpha value is -2.96. The third kappa shape index (κ3) is 6.34. The number of benzene rings is 2. The molecule has 1 unspecified atom stereocenters. The van der Waals surface area contributed by atoms with Crippen molar-refractivity contribution in [2.45, 2.75) is 36.3 Å². The largest absolute Gasteiger partial charge is 0.406 e. The van der Waals surface area contributed by atoms with Crippen LogP contribution in [0.3, 0.4) is 0 Å². The fourth-order valence-electron chi connectivity index (χ4n) is 5.17. The molecule has 1 fully saturated rings. The van der Waals surface area contributed by atoms with Gasteiger partial charge in [0.1, 0.15) is 12.7 Å². The molecule has 216 valence electrons. The molecule has 2 aromatic carbocycles. The molecule has 0 spiro atoms. The fourth-order valence-corrected chi connectivity index (χ4v) is 7.64. The quantitative estimate of drug-likeness (QED) is 0.220. The second kappa shape index (κ2) is 11.1. The van der Waals surface area contributed by atoms with Gasteiger partial charge in [-0.05, 0) is 67.4 Å². The first kappa shape index (κ1) is 28.6. The van der Waals surface area contributed by atoms with Crippen LogP contribution in [-0.2, 0) is 16.4 Å². The monoisotopic (exact) mass is 596 g/mol. The molecule has 1 aromatic heterocycles. The van der Waals surface area contributed by atoms with E-state index in [1.165, 1.54) is 16.7 Å². The van der Waals surface area contributed by atoms with E-state index in [9.17, 15) is 26.0 Å². The van der Waals surface area contributed by atoms with Crippen LogP contribution >= 0.6 is 10.9 Å². The summed E-state index contributed by atoms with van der Waals surface area (Å²) in [6.07, 6.45) is -0.0699. The number of piperidine rings is 1. The van der Waals surface area contributed by atoms with E-state index in [2.05, 4.69) is 10.6 Å². The Bertz CT molecular complexity index is 1550. The molecule has 0 saturated carbocycles. The van der Waals surface area contributed by atoms with Gasteiger partial charge < -0.3 is 20.1 Å². The maximum absolute atomic E-state index is 14.8. The van der Waals surface area contributed by atoms with Gasteiger partial charge in [-0.1, -0.05) is 12.1 Å². The van der Waals surface area contributed by atoms with Crippen molar-refractivity contribution in [1.82, 2.24) is 9.47 Å². The van der Waals surface area contributed by atoms with Gasteiger partial charge in [0.2, 0.25) is 0 Å². The predicted octanol–water partition coefficient (Wildman–Crippen LogP) is 6.00. The normalized spacial score (nSPS) is 22.9. The first-order valence-electron chi connectivity index (χ1n) is 12.9. The van der Waals surface area contributed by atoms with Crippen molar-refractivity contribution in [2.75, 3.05) is 42.9 Å². The van der Waals surface area contributed by atoms with Gasteiger partial charge >= 0.3 is 6.18 Å². The minimum absolute atomic E-state index is 0.213. The average molecular weight is 597 g/mol. The van der Waals surface area contributed by atoms with Gasteiger partial charge in [0.05, 0.1) is 28.0 Å². The van der Waals surface area contributed by atoms with Crippen molar-refractivity contribution in [2.24, 2.45) is 0 Å². The van der Waals surface area contributed by atoms with Crippen molar-refractivity contribution in [3.63, 3.8) is 0 Å². The Morgan fingerprint density at radius 3 is 2.55 bits per heavy atom. The van der Waals surface area contributed by atoms with Crippen LogP contribution in [0.4, 0.5) is 28.9 Å². The van der Waals surface area contributed by atoms with Gasteiger partial charge in [0.15, 0.2) is 9.84 Å². The van der Waals surface area contributed by atoms with Gasteiger partial charge in [-0.15, -0.1) is 0 Å². The highest BCUT2D eigenvalue weighted by atomic mass is 32.2. The molecule has 2 aliphatic rings. The van der Waals surface area contributed by atoms with Crippen LogP contribution in [0.2, 0.25) is 0 Å². The summed E-state index contributed by atoms with van der Waals surface area (Å²) in [7, 11) is -2.44. The molecule has 2 N–H and O–H groups in total. The lowest BCUT2D eigenvalue weighted by molar-refractivity contribution is -0.140. The number of anilines is 2. The summed E-state index contributed by atoms with van der Waals surface area (Å²) in [4.78, 5) is 2.94. The summed E-state index contributed by atoms with van der Waals surface area (Å²) < 4.78 is 80.9. The average Bonchev–Trinajstić information content (AvgIpc) is 3.48. The van der Waals surface area contributed by atoms with Crippen LogP contribution in [0.15, 0.2) is 71.0 Å². The number of hydrogen-bond donors (Lipinski definition) is 3. The van der Waals surface area contributed by atoms with E-state index in [-0.39, 0.29) is 4.90 Å². The Balaban J connectivity index is 1.43. The highest BCUT2D eigenvalue weighted by molar-refractivity contribution is 8.27. The lowest BCUT2D eigenvalue weighted by Gasteiger charge is -2.33. The van der Waals surface area contributed by atoms with Crippen LogP contribution < -0.4 is 10.6 Å². The molecular formula is C28H32F4N4O2S2. The molecule has 40 heavy (non-hydrogen) atoms. The highest BCUT2D eigenvalue weighted by Crippen LogP contribution is 2.49. The molecule has 3 aromatic rings. The predicted molar refractivity (Wildman–Crippen MR) is 157 cm³/mol. The zero-order chi connectivity index (χ0) is 28.7. The molecule has 2 aliphatic heterocycles. The van der Waals surface area contributed by atoms with Gasteiger partial charge in [-0.25, -0.2) is 12.8 Å². The lowest BCUT2D eigenvalue weighted by atomic mass is 10.0. The summed E-state index contributed by atoms with van der Waals surface area (Å²) in [5.74, 6) is 0.466. The van der Waals surface area contributed by atoms with Crippen LogP contribution in [0, 0.1) is 0 Å². The summed E-state index contributed by atoms with van der Waals surface area (Å²) >= 11 is 0. The number of nitrogens with zero attached hydrogens (tertiary/aromatic N) is 2. The number of nitrogens with one attached hydrogen (secondary N) is 2. The van der Waals surface area contributed by atoms with Crippen molar-refractivity contribution in [3.05, 3.63) is 71.8 Å². The third-order valence-corrected chi connectivity index (χ3v) is 10.4. The number of aromatic nitrogens is 1. The summed E-state index contributed by atoms with van der Waals surface area (Å²) in [6, 6.07) is 12.9. The van der Waals surface area contributed by atoms with Crippen LogP contribution in [0.5, 0.6) is 0 Å². The van der Waals surface area contributed by atoms with Crippen molar-refractivity contribution in [3.8, 4) is 0 Å². The van der Waals surface area contributed by atoms with Crippen LogP contribution in [-0.4, -0.2) is 68.5 Å². The fraction of sp³-hybridized carbons (Fsp3) is 0.357. The minimum atomic E-state index is -4.43. The summed E-state index contributed by atoms with van der Waals surface area (Å²) in [5, 5.41) is 9.19. The number of likely N-dealkylation sites (tertiary alicyclic amines) is 1. The van der Waals surface area contributed by atoms with E-state index >= 15 is 0 Å². The van der Waals surface area contributed by atoms with Crippen molar-refractivity contribution < 1.29 is 26.0 Å². The zero-order valence-corrected chi connectivity index (χ0v) is 23.8. The van der Waals surface area contributed by atoms with Crippen molar-refractivity contribution in [1.29, 1.82) is 0 Å². The molecule has 0 amide bonds. The molecule has 5 rings (SSSR count). The van der Waals surface area contributed by atoms with Gasteiger partial charge in [-0.2, -0.15) is 24.1 Å². The topological polar surface area (TPSA) is 66.4 Å². The Morgan fingerprint density at radius 1 is 1.12 bits per heavy atom. The van der Waals surface area contributed by atoms with Crippen LogP contribution in [0.1, 0.15) is 12.1 Å². The number of halogens is 4. The van der Waals surface area contributed by atoms with E-state index in [1.807, 2.05) is 29.5 Å². The van der Waals surface area contributed by atoms with E-state index in [1.54, 1.807) is 36.4 Å². The summed E-state index contributed by atoms with van der Waals surface area (Å²) in [6.45, 7) is -0.0990. The maximum Gasteiger partial charge on any atom is 0.406 e. The third-order valence-electron chi connectivity index (χ3n) is 7.20. The molecule has 6 nitrogen and oxygen atoms in total. The highest BCUT2D eigenvalue weighted by Gasteiger charge is 2.32. The first-order chi connectivity index (χ1) is 18.9. The van der Waals surface area contributed by atoms with Gasteiger partial charge in [0, 0.05) is 41.0 Å². The molecule has 0 bridgehead atoms. The van der Waals surface area contributed by atoms with Gasteiger partial charge in [-0.3, -0.25) is 0 Å². The molecule has 3 atom stereocenters. The first-order valence-corrected chi connectivity index (χ1v) is 16.4. The maximum atomic E-state index is 14.8. The molecule has 0 aliphatic carbocycles. The molecular weight excluding hydrogens is 564 g/mol. The molecule has 0 radical (unpaired) electrons. The number of thiol groups is 1. The zero-order valence-electron chi connectivity index (χ0n) is 22.1. The number of hydrogen-bond acceptors (Lipinski definition) is 5. The molecule has 12 heteroatoms. The number of rotatable bonds is 8. The lowest BCUT2D eigenvalue weighted by Crippen LogP contribution is -2.46. The van der Waals surface area contributed by atoms with E-state index in [0.29, 0.717) is 41.1 Å². The second-order valence-electron chi connectivity index (χ2n) is 10.3. The molecule has 1 saturated heterocycles. The van der Waals surface area contributed by atoms with E-state index in [0.717, 1.165) is 23.4 Å². The number of fused-ring (bicyclic) bond motifs is 1. The summed E-state index contributed by atoms with van der Waals surface area (Å²) in [5.41, 5.74) is 2.26. The number of allylic oxidation sites excluding steroid dienone is 2. The number of sulfone groups is 1. The SMILES string of the molecule is CN1CC[C@@H](Nc2cccc3c2cc(C2=CC=C[SH]2CNc2ccc(S(C)(=O)=O)cc2)n3CC(F)(F)F)[C@@H](F)C1. The van der Waals surface area contributed by atoms with Gasteiger partial charge in [0.25, 0.3) is 0 Å². The Morgan fingerprint density at radius 2 is 1.88 bits per heavy atom. The standard InChI is InChI=1S/C28H32F4N4O2S2/c1-35-13-12-24(22(29)16-35)34-23-5-3-6-25-21(23)15-26(36(25)17-28(30,31)32)27-7-4-14-39(27)18-33-19-8-10-20(11-9-19)40(2,37)38/h3-11,14-15,22,24,33-34,39H,12-13,16-18H2,1-2H3/t22-,24+/m0/s1. The minimum Gasteiger partial charge on any atom is -0.379 e.